The van der Waals surface area contributed by atoms with Crippen molar-refractivity contribution in [2.24, 2.45) is 5.92 Å². The zero-order chi connectivity index (χ0) is 17.7. The fraction of sp³-hybridized carbons (Fsp3) is 0.455. The summed E-state index contributed by atoms with van der Waals surface area (Å²) in [5.74, 6) is 1.72. The Morgan fingerprint density at radius 3 is 2.44 bits per heavy atom. The van der Waals surface area contributed by atoms with Crippen LogP contribution >= 0.6 is 0 Å². The largest absolute Gasteiger partial charge is 0.489 e. The Morgan fingerprint density at radius 1 is 1.04 bits per heavy atom. The van der Waals surface area contributed by atoms with E-state index in [1.165, 1.54) is 16.7 Å². The molecule has 0 atom stereocenters. The van der Waals surface area contributed by atoms with Crippen LogP contribution in [0, 0.1) is 5.92 Å². The van der Waals surface area contributed by atoms with Gasteiger partial charge >= 0.3 is 0 Å². The molecule has 3 rings (SSSR count). The second kappa shape index (κ2) is 8.03. The molecule has 0 spiro atoms. The Bertz CT molecular complexity index is 669. The van der Waals surface area contributed by atoms with E-state index in [1.54, 1.807) is 0 Å². The van der Waals surface area contributed by atoms with Crippen molar-refractivity contribution in [1.29, 1.82) is 0 Å². The van der Waals surface area contributed by atoms with Gasteiger partial charge in [0.25, 0.3) is 0 Å². The van der Waals surface area contributed by atoms with Crippen LogP contribution in [0.4, 0.5) is 0 Å². The molecule has 2 N–H and O–H groups in total. The second-order valence-corrected chi connectivity index (χ2v) is 8.04. The molecule has 0 aromatic heterocycles. The van der Waals surface area contributed by atoms with E-state index in [0.717, 1.165) is 37.8 Å². The number of hydrogen-bond acceptors (Lipinski definition) is 3. The molecule has 1 saturated heterocycles. The monoisotopic (exact) mass is 338 g/mol. The molecule has 1 heterocycles. The SMILES string of the molecule is CC(C)(C)c1ccc(COc2cccc(CNCC3CNC3)c2)cc1. The predicted molar refractivity (Wildman–Crippen MR) is 104 cm³/mol. The summed E-state index contributed by atoms with van der Waals surface area (Å²) < 4.78 is 5.98. The van der Waals surface area contributed by atoms with Gasteiger partial charge in [0.2, 0.25) is 0 Å². The van der Waals surface area contributed by atoms with E-state index in [-0.39, 0.29) is 5.41 Å². The summed E-state index contributed by atoms with van der Waals surface area (Å²) in [4.78, 5) is 0. The lowest BCUT2D eigenvalue weighted by atomic mass is 9.87. The van der Waals surface area contributed by atoms with Crippen LogP contribution in [-0.4, -0.2) is 19.6 Å². The van der Waals surface area contributed by atoms with Crippen molar-refractivity contribution in [1.82, 2.24) is 10.6 Å². The first kappa shape index (κ1) is 18.0. The lowest BCUT2D eigenvalue weighted by Crippen LogP contribution is -2.47. The van der Waals surface area contributed by atoms with Crippen LogP contribution < -0.4 is 15.4 Å². The molecule has 0 amide bonds. The van der Waals surface area contributed by atoms with Crippen molar-refractivity contribution < 1.29 is 4.74 Å². The second-order valence-electron chi connectivity index (χ2n) is 8.04. The molecule has 25 heavy (non-hydrogen) atoms. The summed E-state index contributed by atoms with van der Waals surface area (Å²) >= 11 is 0. The lowest BCUT2D eigenvalue weighted by molar-refractivity contribution is 0.305. The standard InChI is InChI=1S/C22H30N2O/c1-22(2,3)20-9-7-17(8-10-20)16-25-21-6-4-5-18(11-21)12-23-13-19-14-24-15-19/h4-11,19,23-24H,12-16H2,1-3H3. The van der Waals surface area contributed by atoms with Crippen LogP contribution in [0.25, 0.3) is 0 Å². The van der Waals surface area contributed by atoms with Gasteiger partial charge in [-0.05, 0) is 40.2 Å². The van der Waals surface area contributed by atoms with E-state index in [0.29, 0.717) is 6.61 Å². The molecule has 0 aliphatic carbocycles. The minimum absolute atomic E-state index is 0.191. The van der Waals surface area contributed by atoms with E-state index in [4.69, 9.17) is 4.74 Å². The molecule has 2 aromatic rings. The van der Waals surface area contributed by atoms with Crippen LogP contribution in [-0.2, 0) is 18.6 Å². The van der Waals surface area contributed by atoms with Gasteiger partial charge in [0.1, 0.15) is 12.4 Å². The molecule has 134 valence electrons. The minimum atomic E-state index is 0.191. The van der Waals surface area contributed by atoms with Gasteiger partial charge in [-0.2, -0.15) is 0 Å². The van der Waals surface area contributed by atoms with Gasteiger partial charge in [0, 0.05) is 26.2 Å². The maximum absolute atomic E-state index is 5.98. The summed E-state index contributed by atoms with van der Waals surface area (Å²) in [5, 5.41) is 6.83. The normalized spacial score (nSPS) is 15.0. The van der Waals surface area contributed by atoms with E-state index in [2.05, 4.69) is 73.9 Å². The molecule has 2 aromatic carbocycles. The number of nitrogens with one attached hydrogen (secondary N) is 2. The fourth-order valence-corrected chi connectivity index (χ4v) is 2.93. The molecule has 1 aliphatic heterocycles. The summed E-state index contributed by atoms with van der Waals surface area (Å²) in [7, 11) is 0. The summed E-state index contributed by atoms with van der Waals surface area (Å²) in [5.41, 5.74) is 4.02. The Hall–Kier alpha value is -1.84. The van der Waals surface area contributed by atoms with Crippen molar-refractivity contribution in [3.05, 3.63) is 65.2 Å². The molecule has 0 unspecified atom stereocenters. The highest BCUT2D eigenvalue weighted by atomic mass is 16.5. The van der Waals surface area contributed by atoms with Gasteiger partial charge in [0.05, 0.1) is 0 Å². The zero-order valence-electron chi connectivity index (χ0n) is 15.6. The molecule has 3 heteroatoms. The van der Waals surface area contributed by atoms with E-state index >= 15 is 0 Å². The van der Waals surface area contributed by atoms with Crippen molar-refractivity contribution in [2.45, 2.75) is 39.3 Å². The van der Waals surface area contributed by atoms with Gasteiger partial charge in [-0.15, -0.1) is 0 Å². The first-order chi connectivity index (χ1) is 12.0. The summed E-state index contributed by atoms with van der Waals surface area (Å²) in [6.45, 7) is 11.6. The smallest absolute Gasteiger partial charge is 0.120 e. The minimum Gasteiger partial charge on any atom is -0.489 e. The van der Waals surface area contributed by atoms with Gasteiger partial charge < -0.3 is 15.4 Å². The van der Waals surface area contributed by atoms with Crippen molar-refractivity contribution >= 4 is 0 Å². The Balaban J connectivity index is 1.49. The molecule has 3 nitrogen and oxygen atoms in total. The van der Waals surface area contributed by atoms with Crippen LogP contribution in [0.1, 0.15) is 37.5 Å². The Kier molecular flexibility index (Phi) is 5.77. The van der Waals surface area contributed by atoms with Crippen molar-refractivity contribution in [2.75, 3.05) is 19.6 Å². The van der Waals surface area contributed by atoms with E-state index in [1.807, 2.05) is 6.07 Å². The van der Waals surface area contributed by atoms with Crippen molar-refractivity contribution in [3.63, 3.8) is 0 Å². The third kappa shape index (κ3) is 5.32. The topological polar surface area (TPSA) is 33.3 Å². The summed E-state index contributed by atoms with van der Waals surface area (Å²) in [6, 6.07) is 17.1. The van der Waals surface area contributed by atoms with Gasteiger partial charge in [-0.1, -0.05) is 57.2 Å². The molecule has 1 fully saturated rings. The maximum Gasteiger partial charge on any atom is 0.120 e. The molecule has 0 bridgehead atoms. The number of ether oxygens (including phenoxy) is 1. The Labute approximate surface area is 151 Å². The predicted octanol–water partition coefficient (Wildman–Crippen LogP) is 3.87. The first-order valence-corrected chi connectivity index (χ1v) is 9.23. The average molecular weight is 338 g/mol. The number of benzene rings is 2. The van der Waals surface area contributed by atoms with Crippen LogP contribution in [0.15, 0.2) is 48.5 Å². The van der Waals surface area contributed by atoms with Crippen LogP contribution in [0.2, 0.25) is 0 Å². The molecule has 0 saturated carbocycles. The Morgan fingerprint density at radius 2 is 1.80 bits per heavy atom. The highest BCUT2D eigenvalue weighted by molar-refractivity contribution is 5.30. The molecular weight excluding hydrogens is 308 g/mol. The van der Waals surface area contributed by atoms with Gasteiger partial charge in [-0.25, -0.2) is 0 Å². The number of hydrogen-bond donors (Lipinski definition) is 2. The maximum atomic E-state index is 5.98. The highest BCUT2D eigenvalue weighted by Crippen LogP contribution is 2.23. The average Bonchev–Trinajstić information content (AvgIpc) is 2.55. The quantitative estimate of drug-likeness (QED) is 0.804. The third-order valence-corrected chi connectivity index (χ3v) is 4.75. The first-order valence-electron chi connectivity index (χ1n) is 9.23. The van der Waals surface area contributed by atoms with Crippen molar-refractivity contribution in [3.8, 4) is 5.75 Å². The fourth-order valence-electron chi connectivity index (χ4n) is 2.93. The van der Waals surface area contributed by atoms with E-state index in [9.17, 15) is 0 Å². The van der Waals surface area contributed by atoms with E-state index < -0.39 is 0 Å². The van der Waals surface area contributed by atoms with Crippen LogP contribution in [0.3, 0.4) is 0 Å². The number of rotatable bonds is 7. The highest BCUT2D eigenvalue weighted by Gasteiger charge is 2.15. The zero-order valence-corrected chi connectivity index (χ0v) is 15.6. The van der Waals surface area contributed by atoms with Crippen LogP contribution in [0.5, 0.6) is 5.75 Å². The lowest BCUT2D eigenvalue weighted by Gasteiger charge is -2.27. The van der Waals surface area contributed by atoms with Gasteiger partial charge in [-0.3, -0.25) is 0 Å². The van der Waals surface area contributed by atoms with Gasteiger partial charge in [0.15, 0.2) is 0 Å². The third-order valence-electron chi connectivity index (χ3n) is 4.75. The molecule has 1 aliphatic rings. The molecular formula is C22H30N2O. The summed E-state index contributed by atoms with van der Waals surface area (Å²) in [6.07, 6.45) is 0. The molecule has 0 radical (unpaired) electrons.